The molecule has 2 aliphatic rings. The summed E-state index contributed by atoms with van der Waals surface area (Å²) in [6.45, 7) is 9.92. The fourth-order valence-corrected chi connectivity index (χ4v) is 1.84. The van der Waals surface area contributed by atoms with Crippen LogP contribution in [-0.4, -0.2) is 43.7 Å². The minimum absolute atomic E-state index is 0.670. The molecule has 0 aromatic carbocycles. The van der Waals surface area contributed by atoms with Gasteiger partial charge >= 0.3 is 0 Å². The first kappa shape index (κ1) is 11.5. The van der Waals surface area contributed by atoms with Crippen molar-refractivity contribution in [1.29, 1.82) is 0 Å². The molecule has 0 saturated carbocycles. The van der Waals surface area contributed by atoms with Crippen LogP contribution in [0.25, 0.3) is 0 Å². The topological polar surface area (TPSA) is 27.3 Å². The maximum atomic E-state index is 3.36. The molecule has 1 saturated heterocycles. The summed E-state index contributed by atoms with van der Waals surface area (Å²) < 4.78 is 0. The average molecular weight is 197 g/mol. The molecule has 2 heterocycles. The van der Waals surface area contributed by atoms with Crippen molar-refractivity contribution in [2.45, 2.75) is 26.3 Å². The van der Waals surface area contributed by atoms with E-state index in [0.29, 0.717) is 6.04 Å². The van der Waals surface area contributed by atoms with Crippen LogP contribution in [0.3, 0.4) is 0 Å². The van der Waals surface area contributed by atoms with Crippen LogP contribution in [-0.2, 0) is 0 Å². The highest BCUT2D eigenvalue weighted by Gasteiger charge is 2.15. The van der Waals surface area contributed by atoms with E-state index in [-0.39, 0.29) is 0 Å². The van der Waals surface area contributed by atoms with Crippen molar-refractivity contribution >= 4 is 0 Å². The smallest absolute Gasteiger partial charge is 0.0417 e. The van der Waals surface area contributed by atoms with Gasteiger partial charge in [-0.25, -0.2) is 0 Å². The fourth-order valence-electron chi connectivity index (χ4n) is 1.84. The summed E-state index contributed by atoms with van der Waals surface area (Å²) in [5.41, 5.74) is 0. The maximum absolute atomic E-state index is 3.36. The van der Waals surface area contributed by atoms with Crippen LogP contribution in [0.1, 0.15) is 20.3 Å². The molecule has 0 aromatic heterocycles. The second-order valence-electron chi connectivity index (χ2n) is 3.55. The Balaban J connectivity index is 0.000000461. The van der Waals surface area contributed by atoms with E-state index in [0.717, 1.165) is 13.1 Å². The lowest BCUT2D eigenvalue weighted by Gasteiger charge is -2.29. The van der Waals surface area contributed by atoms with E-state index in [9.17, 15) is 0 Å². The number of nitrogens with zero attached hydrogens (tertiary/aromatic N) is 1. The summed E-state index contributed by atoms with van der Waals surface area (Å²) in [6, 6.07) is 0.670. The summed E-state index contributed by atoms with van der Waals surface area (Å²) in [7, 11) is 0. The summed E-state index contributed by atoms with van der Waals surface area (Å²) in [6.07, 6.45) is 5.49. The van der Waals surface area contributed by atoms with Gasteiger partial charge in [0, 0.05) is 38.8 Å². The van der Waals surface area contributed by atoms with Crippen molar-refractivity contribution in [2.24, 2.45) is 0 Å². The number of piperazine rings is 1. The van der Waals surface area contributed by atoms with E-state index in [4.69, 9.17) is 0 Å². The highest BCUT2D eigenvalue weighted by atomic mass is 15.2. The highest BCUT2D eigenvalue weighted by molar-refractivity contribution is 4.96. The predicted octanol–water partition coefficient (Wildman–Crippen LogP) is 0.793. The molecule has 3 nitrogen and oxygen atoms in total. The highest BCUT2D eigenvalue weighted by Crippen LogP contribution is 2.04. The van der Waals surface area contributed by atoms with Crippen LogP contribution in [0.5, 0.6) is 0 Å². The van der Waals surface area contributed by atoms with Crippen molar-refractivity contribution in [3.05, 3.63) is 12.3 Å². The molecule has 0 radical (unpaired) electrons. The Morgan fingerprint density at radius 2 is 2.00 bits per heavy atom. The first-order valence-corrected chi connectivity index (χ1v) is 5.79. The lowest BCUT2D eigenvalue weighted by molar-refractivity contribution is 0.223. The van der Waals surface area contributed by atoms with Crippen molar-refractivity contribution in [3.63, 3.8) is 0 Å². The third kappa shape index (κ3) is 3.68. The van der Waals surface area contributed by atoms with Gasteiger partial charge in [0.2, 0.25) is 0 Å². The molecule has 0 spiro atoms. The summed E-state index contributed by atoms with van der Waals surface area (Å²) in [4.78, 5) is 2.53. The Morgan fingerprint density at radius 1 is 1.29 bits per heavy atom. The average Bonchev–Trinajstić information content (AvgIpc) is 2.75. The number of hydrogen-bond donors (Lipinski definition) is 2. The largest absolute Gasteiger partial charge is 0.387 e. The Kier molecular flexibility index (Phi) is 5.64. The van der Waals surface area contributed by atoms with E-state index >= 15 is 0 Å². The third-order valence-electron chi connectivity index (χ3n) is 2.56. The predicted molar refractivity (Wildman–Crippen MR) is 61.3 cm³/mol. The van der Waals surface area contributed by atoms with E-state index in [1.54, 1.807) is 0 Å². The molecule has 2 aliphatic heterocycles. The molecule has 3 heteroatoms. The second kappa shape index (κ2) is 6.85. The fraction of sp³-hybridized carbons (Fsp3) is 0.818. The van der Waals surface area contributed by atoms with Crippen molar-refractivity contribution < 1.29 is 0 Å². The summed E-state index contributed by atoms with van der Waals surface area (Å²) in [5, 5.41) is 6.72. The lowest BCUT2D eigenvalue weighted by Crippen LogP contribution is -2.47. The van der Waals surface area contributed by atoms with Gasteiger partial charge in [-0.3, -0.25) is 4.90 Å². The van der Waals surface area contributed by atoms with Crippen LogP contribution in [0.4, 0.5) is 0 Å². The molecule has 2 rings (SSSR count). The van der Waals surface area contributed by atoms with Crippen molar-refractivity contribution in [3.8, 4) is 0 Å². The van der Waals surface area contributed by atoms with Crippen LogP contribution in [0.2, 0.25) is 0 Å². The second-order valence-corrected chi connectivity index (χ2v) is 3.55. The van der Waals surface area contributed by atoms with Gasteiger partial charge in [0.15, 0.2) is 0 Å². The van der Waals surface area contributed by atoms with Crippen LogP contribution in [0, 0.1) is 0 Å². The van der Waals surface area contributed by atoms with Gasteiger partial charge in [-0.15, -0.1) is 0 Å². The minimum atomic E-state index is 0.670. The molecular weight excluding hydrogens is 174 g/mol. The van der Waals surface area contributed by atoms with E-state index in [1.807, 2.05) is 13.8 Å². The Labute approximate surface area is 87.6 Å². The zero-order valence-electron chi connectivity index (χ0n) is 9.42. The summed E-state index contributed by atoms with van der Waals surface area (Å²) >= 11 is 0. The monoisotopic (exact) mass is 197 g/mol. The number of hydrogen-bond acceptors (Lipinski definition) is 3. The van der Waals surface area contributed by atoms with Gasteiger partial charge in [0.1, 0.15) is 0 Å². The number of nitrogens with one attached hydrogen (secondary N) is 2. The van der Waals surface area contributed by atoms with Crippen LogP contribution < -0.4 is 10.6 Å². The molecule has 0 bridgehead atoms. The number of rotatable bonds is 2. The molecule has 1 unspecified atom stereocenters. The molecule has 2 N–H and O–H groups in total. The minimum Gasteiger partial charge on any atom is -0.387 e. The Bertz CT molecular complexity index is 154. The normalized spacial score (nSPS) is 26.6. The zero-order chi connectivity index (χ0) is 10.2. The quantitative estimate of drug-likeness (QED) is 0.685. The van der Waals surface area contributed by atoms with E-state index in [1.165, 1.54) is 26.1 Å². The molecule has 0 aromatic rings. The van der Waals surface area contributed by atoms with Gasteiger partial charge in [-0.2, -0.15) is 0 Å². The van der Waals surface area contributed by atoms with Crippen LogP contribution >= 0.6 is 0 Å². The van der Waals surface area contributed by atoms with Gasteiger partial charge in [0.25, 0.3) is 0 Å². The molecular formula is C11H23N3. The van der Waals surface area contributed by atoms with Crippen molar-refractivity contribution in [2.75, 3.05) is 32.7 Å². The summed E-state index contributed by atoms with van der Waals surface area (Å²) in [5.74, 6) is 0. The standard InChI is InChI=1S/C9H17N3.C2H6/c1-2-9(11-3-1)8-12-6-4-10-5-7-12;1-2/h1,3,9-11H,2,4-8H2;1-2H3. The zero-order valence-corrected chi connectivity index (χ0v) is 9.42. The third-order valence-corrected chi connectivity index (χ3v) is 2.56. The molecule has 0 amide bonds. The molecule has 0 aliphatic carbocycles. The van der Waals surface area contributed by atoms with E-state index in [2.05, 4.69) is 27.8 Å². The molecule has 14 heavy (non-hydrogen) atoms. The van der Waals surface area contributed by atoms with Crippen LogP contribution in [0.15, 0.2) is 12.3 Å². The van der Waals surface area contributed by atoms with Gasteiger partial charge in [-0.1, -0.05) is 19.9 Å². The SMILES string of the molecule is C1=CNC(CN2CCNCC2)C1.CC. The Hall–Kier alpha value is -0.540. The first-order chi connectivity index (χ1) is 6.95. The van der Waals surface area contributed by atoms with Crippen molar-refractivity contribution in [1.82, 2.24) is 15.5 Å². The van der Waals surface area contributed by atoms with Gasteiger partial charge < -0.3 is 10.6 Å². The molecule has 1 fully saturated rings. The van der Waals surface area contributed by atoms with Gasteiger partial charge in [0.05, 0.1) is 0 Å². The Morgan fingerprint density at radius 3 is 2.57 bits per heavy atom. The molecule has 1 atom stereocenters. The van der Waals surface area contributed by atoms with Gasteiger partial charge in [-0.05, 0) is 12.6 Å². The molecule has 82 valence electrons. The first-order valence-electron chi connectivity index (χ1n) is 5.79. The lowest BCUT2D eigenvalue weighted by atomic mass is 10.2. The van der Waals surface area contributed by atoms with E-state index < -0.39 is 0 Å². The maximum Gasteiger partial charge on any atom is 0.0417 e.